The second-order valence-corrected chi connectivity index (χ2v) is 6.21. The maximum absolute atomic E-state index is 13.7. The van der Waals surface area contributed by atoms with Crippen molar-refractivity contribution in [2.24, 2.45) is 5.92 Å². The van der Waals surface area contributed by atoms with Gasteiger partial charge in [0.2, 0.25) is 5.91 Å². The van der Waals surface area contributed by atoms with Crippen molar-refractivity contribution in [1.29, 1.82) is 0 Å². The molecule has 2 atom stereocenters. The predicted octanol–water partition coefficient (Wildman–Crippen LogP) is 3.42. The van der Waals surface area contributed by atoms with Crippen LogP contribution in [-0.4, -0.2) is 18.0 Å². The van der Waals surface area contributed by atoms with E-state index in [-0.39, 0.29) is 29.8 Å². The molecule has 2 N–H and O–H groups in total. The lowest BCUT2D eigenvalue weighted by atomic mass is 9.89. The van der Waals surface area contributed by atoms with Crippen molar-refractivity contribution in [3.8, 4) is 0 Å². The molecule has 116 valence electrons. The Morgan fingerprint density at radius 1 is 1.33 bits per heavy atom. The summed E-state index contributed by atoms with van der Waals surface area (Å²) in [5.74, 6) is 0.00467. The summed E-state index contributed by atoms with van der Waals surface area (Å²) in [6, 6.07) is 6.06. The fourth-order valence-electron chi connectivity index (χ4n) is 3.53. The van der Waals surface area contributed by atoms with Gasteiger partial charge in [-0.25, -0.2) is 4.39 Å². The maximum atomic E-state index is 13.7. The summed E-state index contributed by atoms with van der Waals surface area (Å²) in [7, 11) is 0. The van der Waals surface area contributed by atoms with Crippen LogP contribution in [0.4, 0.5) is 10.1 Å². The number of carbonyl (C=O) groups is 1. The zero-order chi connectivity index (χ0) is 14.1. The van der Waals surface area contributed by atoms with Gasteiger partial charge in [-0.1, -0.05) is 6.07 Å². The SMILES string of the molecule is Cc1ccc(NC(=O)CC2CC3CCC(C2)N3)c(F)c1.Cl. The number of piperidine rings is 1. The monoisotopic (exact) mass is 312 g/mol. The Morgan fingerprint density at radius 3 is 2.62 bits per heavy atom. The Labute approximate surface area is 131 Å². The molecule has 0 saturated carbocycles. The van der Waals surface area contributed by atoms with Gasteiger partial charge in [0.05, 0.1) is 5.69 Å². The zero-order valence-electron chi connectivity index (χ0n) is 12.2. The van der Waals surface area contributed by atoms with E-state index in [1.807, 2.05) is 13.0 Å². The van der Waals surface area contributed by atoms with Crippen molar-refractivity contribution < 1.29 is 9.18 Å². The normalized spacial score (nSPS) is 27.0. The number of benzene rings is 1. The van der Waals surface area contributed by atoms with E-state index in [0.29, 0.717) is 24.4 Å². The molecular weight excluding hydrogens is 291 g/mol. The number of halogens is 2. The molecule has 2 unspecified atom stereocenters. The average Bonchev–Trinajstić information content (AvgIpc) is 2.72. The largest absolute Gasteiger partial charge is 0.324 e. The van der Waals surface area contributed by atoms with Gasteiger partial charge in [-0.15, -0.1) is 12.4 Å². The fraction of sp³-hybridized carbons (Fsp3) is 0.562. The molecule has 0 spiro atoms. The van der Waals surface area contributed by atoms with Gasteiger partial charge in [-0.3, -0.25) is 4.79 Å². The Kier molecular flexibility index (Phi) is 5.22. The molecule has 3 nitrogen and oxygen atoms in total. The van der Waals surface area contributed by atoms with Crippen molar-refractivity contribution in [2.75, 3.05) is 5.32 Å². The quantitative estimate of drug-likeness (QED) is 0.898. The van der Waals surface area contributed by atoms with Crippen molar-refractivity contribution in [3.05, 3.63) is 29.6 Å². The van der Waals surface area contributed by atoms with Crippen LogP contribution in [0.3, 0.4) is 0 Å². The van der Waals surface area contributed by atoms with E-state index in [1.165, 1.54) is 18.9 Å². The molecule has 21 heavy (non-hydrogen) atoms. The minimum Gasteiger partial charge on any atom is -0.324 e. The third-order valence-corrected chi connectivity index (χ3v) is 4.44. The van der Waals surface area contributed by atoms with Crippen LogP contribution in [-0.2, 0) is 4.79 Å². The van der Waals surface area contributed by atoms with E-state index in [2.05, 4.69) is 10.6 Å². The van der Waals surface area contributed by atoms with E-state index in [0.717, 1.165) is 18.4 Å². The highest BCUT2D eigenvalue weighted by molar-refractivity contribution is 5.91. The van der Waals surface area contributed by atoms with Gasteiger partial charge in [-0.05, 0) is 56.2 Å². The van der Waals surface area contributed by atoms with Gasteiger partial charge < -0.3 is 10.6 Å². The van der Waals surface area contributed by atoms with E-state index in [4.69, 9.17) is 0 Å². The Hall–Kier alpha value is -1.13. The predicted molar refractivity (Wildman–Crippen MR) is 84.3 cm³/mol. The first-order valence-electron chi connectivity index (χ1n) is 7.42. The maximum Gasteiger partial charge on any atom is 0.224 e. The van der Waals surface area contributed by atoms with E-state index >= 15 is 0 Å². The molecule has 1 amide bonds. The van der Waals surface area contributed by atoms with Gasteiger partial charge in [0, 0.05) is 18.5 Å². The summed E-state index contributed by atoms with van der Waals surface area (Å²) in [5.41, 5.74) is 1.15. The molecule has 5 heteroatoms. The number of aryl methyl sites for hydroxylation is 1. The molecule has 0 aliphatic carbocycles. The van der Waals surface area contributed by atoms with Crippen LogP contribution in [0.15, 0.2) is 18.2 Å². The number of hydrogen-bond donors (Lipinski definition) is 2. The highest BCUT2D eigenvalue weighted by Gasteiger charge is 2.34. The molecule has 2 heterocycles. The van der Waals surface area contributed by atoms with Crippen molar-refractivity contribution in [3.63, 3.8) is 0 Å². The van der Waals surface area contributed by atoms with Crippen LogP contribution >= 0.6 is 12.4 Å². The fourth-order valence-corrected chi connectivity index (χ4v) is 3.53. The lowest BCUT2D eigenvalue weighted by Gasteiger charge is -2.28. The number of fused-ring (bicyclic) bond motifs is 2. The molecule has 1 aromatic rings. The Bertz CT molecular complexity index is 511. The third kappa shape index (κ3) is 3.95. The molecule has 2 saturated heterocycles. The minimum atomic E-state index is -0.358. The van der Waals surface area contributed by atoms with E-state index in [1.54, 1.807) is 6.07 Å². The van der Waals surface area contributed by atoms with Gasteiger partial charge >= 0.3 is 0 Å². The smallest absolute Gasteiger partial charge is 0.224 e. The summed E-state index contributed by atoms with van der Waals surface area (Å²) in [4.78, 5) is 12.1. The average molecular weight is 313 g/mol. The van der Waals surface area contributed by atoms with Crippen LogP contribution < -0.4 is 10.6 Å². The molecule has 2 fully saturated rings. The highest BCUT2D eigenvalue weighted by atomic mass is 35.5. The first-order chi connectivity index (χ1) is 9.60. The molecule has 2 aliphatic heterocycles. The van der Waals surface area contributed by atoms with Crippen LogP contribution in [0, 0.1) is 18.7 Å². The number of anilines is 1. The van der Waals surface area contributed by atoms with Crippen LogP contribution in [0.25, 0.3) is 0 Å². The van der Waals surface area contributed by atoms with E-state index < -0.39 is 0 Å². The third-order valence-electron chi connectivity index (χ3n) is 4.44. The van der Waals surface area contributed by atoms with Gasteiger partial charge in [0.15, 0.2) is 0 Å². The van der Waals surface area contributed by atoms with Crippen molar-refractivity contribution >= 4 is 24.0 Å². The second kappa shape index (κ2) is 6.75. The summed E-state index contributed by atoms with van der Waals surface area (Å²) >= 11 is 0. The Balaban J connectivity index is 0.00000161. The van der Waals surface area contributed by atoms with Gasteiger partial charge in [0.1, 0.15) is 5.82 Å². The van der Waals surface area contributed by atoms with Gasteiger partial charge in [0.25, 0.3) is 0 Å². The Morgan fingerprint density at radius 2 is 2.00 bits per heavy atom. The van der Waals surface area contributed by atoms with Crippen molar-refractivity contribution in [2.45, 2.75) is 51.1 Å². The summed E-state index contributed by atoms with van der Waals surface area (Å²) in [6.45, 7) is 1.83. The van der Waals surface area contributed by atoms with Gasteiger partial charge in [-0.2, -0.15) is 0 Å². The van der Waals surface area contributed by atoms with Crippen molar-refractivity contribution in [1.82, 2.24) is 5.32 Å². The molecule has 0 aromatic heterocycles. The second-order valence-electron chi connectivity index (χ2n) is 6.21. The summed E-state index contributed by atoms with van der Waals surface area (Å²) in [5, 5.41) is 6.27. The molecule has 0 radical (unpaired) electrons. The summed E-state index contributed by atoms with van der Waals surface area (Å²) in [6.07, 6.45) is 5.10. The molecular formula is C16H22ClFN2O. The minimum absolute atomic E-state index is 0. The van der Waals surface area contributed by atoms with Crippen LogP contribution in [0.5, 0.6) is 0 Å². The first-order valence-corrected chi connectivity index (χ1v) is 7.42. The molecule has 2 bridgehead atoms. The first kappa shape index (κ1) is 16.2. The number of amides is 1. The number of hydrogen-bond acceptors (Lipinski definition) is 2. The van der Waals surface area contributed by atoms with Crippen LogP contribution in [0.1, 0.15) is 37.7 Å². The molecule has 1 aromatic carbocycles. The standard InChI is InChI=1S/C16H21FN2O.ClH/c1-10-2-5-15(14(17)6-10)19-16(20)9-11-7-12-3-4-13(8-11)18-12;/h2,5-6,11-13,18H,3-4,7-9H2,1H3,(H,19,20);1H. The van der Waals surface area contributed by atoms with E-state index in [9.17, 15) is 9.18 Å². The molecule has 3 rings (SSSR count). The highest BCUT2D eigenvalue weighted by Crippen LogP contribution is 2.32. The summed E-state index contributed by atoms with van der Waals surface area (Å²) < 4.78 is 13.7. The number of carbonyl (C=O) groups excluding carboxylic acids is 1. The molecule has 2 aliphatic rings. The lowest BCUT2D eigenvalue weighted by molar-refractivity contribution is -0.117. The zero-order valence-corrected chi connectivity index (χ0v) is 13.0. The lowest BCUT2D eigenvalue weighted by Crippen LogP contribution is -2.39. The number of rotatable bonds is 3. The number of nitrogens with one attached hydrogen (secondary N) is 2. The topological polar surface area (TPSA) is 41.1 Å². The van der Waals surface area contributed by atoms with Crippen LogP contribution in [0.2, 0.25) is 0 Å².